The second-order valence-corrected chi connectivity index (χ2v) is 4.81. The first-order chi connectivity index (χ1) is 7.66. The molecule has 1 aliphatic rings. The predicted molar refractivity (Wildman–Crippen MR) is 62.6 cm³/mol. The maximum Gasteiger partial charge on any atom is 0.324 e. The Balaban J connectivity index is 1.94. The van der Waals surface area contributed by atoms with Crippen LogP contribution >= 0.6 is 11.3 Å². The number of piperazine rings is 1. The molecule has 1 aromatic rings. The number of hydrogen-bond donors (Lipinski definition) is 1. The molecule has 0 spiro atoms. The van der Waals surface area contributed by atoms with Crippen molar-refractivity contribution in [2.45, 2.75) is 13.0 Å². The van der Waals surface area contributed by atoms with Gasteiger partial charge in [-0.15, -0.1) is 10.2 Å². The van der Waals surface area contributed by atoms with Crippen molar-refractivity contribution in [3.05, 3.63) is 5.51 Å². The van der Waals surface area contributed by atoms with Crippen LogP contribution in [0.4, 0.5) is 9.93 Å². The summed E-state index contributed by atoms with van der Waals surface area (Å²) in [4.78, 5) is 16.0. The van der Waals surface area contributed by atoms with E-state index in [-0.39, 0.29) is 12.1 Å². The number of carbonyl (C=O) groups excluding carboxylic acids is 1. The molecule has 7 heteroatoms. The van der Waals surface area contributed by atoms with E-state index >= 15 is 0 Å². The fourth-order valence-corrected chi connectivity index (χ4v) is 2.27. The van der Waals surface area contributed by atoms with Gasteiger partial charge in [-0.1, -0.05) is 11.3 Å². The fraction of sp³-hybridized carbons (Fsp3) is 0.667. The molecule has 1 fully saturated rings. The number of likely N-dealkylation sites (N-methyl/N-ethyl adjacent to an activating group) is 1. The van der Waals surface area contributed by atoms with Gasteiger partial charge in [0.05, 0.1) is 0 Å². The van der Waals surface area contributed by atoms with Crippen molar-refractivity contribution in [3.63, 3.8) is 0 Å². The summed E-state index contributed by atoms with van der Waals surface area (Å²) in [6, 6.07) is 0.143. The highest BCUT2D eigenvalue weighted by molar-refractivity contribution is 7.13. The summed E-state index contributed by atoms with van der Waals surface area (Å²) in [5.74, 6) is 0. The van der Waals surface area contributed by atoms with Crippen LogP contribution in [-0.2, 0) is 0 Å². The molecule has 0 aromatic carbocycles. The van der Waals surface area contributed by atoms with Crippen molar-refractivity contribution in [1.82, 2.24) is 20.0 Å². The third-order valence-corrected chi connectivity index (χ3v) is 3.27. The SMILES string of the molecule is CC1CN(C)CCN1C(=O)Nc1nncs1. The molecular formula is C9H15N5OS. The number of nitrogens with zero attached hydrogens (tertiary/aromatic N) is 4. The largest absolute Gasteiger partial charge is 0.324 e. The fourth-order valence-electron chi connectivity index (χ4n) is 1.83. The van der Waals surface area contributed by atoms with Gasteiger partial charge in [-0.2, -0.15) is 0 Å². The molecule has 1 atom stereocenters. The van der Waals surface area contributed by atoms with Gasteiger partial charge >= 0.3 is 6.03 Å². The Kier molecular flexibility index (Phi) is 3.35. The van der Waals surface area contributed by atoms with Crippen LogP contribution in [0.1, 0.15) is 6.92 Å². The average Bonchev–Trinajstić information content (AvgIpc) is 2.70. The molecule has 0 aliphatic carbocycles. The standard InChI is InChI=1S/C9H15N5OS/c1-7-5-13(2)3-4-14(7)9(15)11-8-12-10-6-16-8/h6-7H,3-5H2,1-2H3,(H,11,12,15). The Bertz CT molecular complexity index is 355. The van der Waals surface area contributed by atoms with Gasteiger partial charge in [0.2, 0.25) is 5.13 Å². The van der Waals surface area contributed by atoms with E-state index in [1.165, 1.54) is 11.3 Å². The first-order valence-electron chi connectivity index (χ1n) is 5.19. The highest BCUT2D eigenvalue weighted by Gasteiger charge is 2.25. The van der Waals surface area contributed by atoms with E-state index in [9.17, 15) is 4.79 Å². The number of hydrogen-bond acceptors (Lipinski definition) is 5. The van der Waals surface area contributed by atoms with Gasteiger partial charge in [0, 0.05) is 25.7 Å². The summed E-state index contributed by atoms with van der Waals surface area (Å²) in [5.41, 5.74) is 1.60. The van der Waals surface area contributed by atoms with E-state index in [1.54, 1.807) is 5.51 Å². The lowest BCUT2D eigenvalue weighted by Crippen LogP contribution is -2.53. The highest BCUT2D eigenvalue weighted by Crippen LogP contribution is 2.13. The van der Waals surface area contributed by atoms with Crippen LogP contribution in [0, 0.1) is 0 Å². The third kappa shape index (κ3) is 2.48. The lowest BCUT2D eigenvalue weighted by molar-refractivity contribution is 0.125. The van der Waals surface area contributed by atoms with Crippen LogP contribution in [0.25, 0.3) is 0 Å². The number of amides is 2. The van der Waals surface area contributed by atoms with Gasteiger partial charge in [-0.3, -0.25) is 5.32 Å². The lowest BCUT2D eigenvalue weighted by atomic mass is 10.2. The molecule has 1 N–H and O–H groups in total. The molecule has 1 unspecified atom stereocenters. The maximum absolute atomic E-state index is 11.9. The van der Waals surface area contributed by atoms with Crippen molar-refractivity contribution in [3.8, 4) is 0 Å². The number of urea groups is 1. The van der Waals surface area contributed by atoms with Gasteiger partial charge in [-0.25, -0.2) is 4.79 Å². The molecule has 1 aliphatic heterocycles. The Labute approximate surface area is 98.3 Å². The van der Waals surface area contributed by atoms with Crippen molar-refractivity contribution < 1.29 is 4.79 Å². The quantitative estimate of drug-likeness (QED) is 0.786. The molecule has 0 bridgehead atoms. The number of carbonyl (C=O) groups is 1. The number of rotatable bonds is 1. The van der Waals surface area contributed by atoms with E-state index in [0.717, 1.165) is 19.6 Å². The Morgan fingerprint density at radius 1 is 1.62 bits per heavy atom. The summed E-state index contributed by atoms with van der Waals surface area (Å²) in [5, 5.41) is 10.8. The van der Waals surface area contributed by atoms with E-state index in [0.29, 0.717) is 5.13 Å². The normalized spacial score (nSPS) is 22.1. The van der Waals surface area contributed by atoms with Crippen LogP contribution in [0.2, 0.25) is 0 Å². The van der Waals surface area contributed by atoms with E-state index in [1.807, 2.05) is 4.90 Å². The zero-order valence-electron chi connectivity index (χ0n) is 9.38. The van der Waals surface area contributed by atoms with Crippen molar-refractivity contribution in [2.75, 3.05) is 32.0 Å². The van der Waals surface area contributed by atoms with Crippen LogP contribution in [0.15, 0.2) is 5.51 Å². The molecule has 2 amide bonds. The minimum Gasteiger partial charge on any atom is -0.319 e. The van der Waals surface area contributed by atoms with Gasteiger partial charge in [0.1, 0.15) is 5.51 Å². The number of anilines is 1. The first-order valence-corrected chi connectivity index (χ1v) is 6.07. The smallest absolute Gasteiger partial charge is 0.319 e. The zero-order valence-corrected chi connectivity index (χ0v) is 10.2. The van der Waals surface area contributed by atoms with Gasteiger partial charge in [-0.05, 0) is 14.0 Å². The van der Waals surface area contributed by atoms with Crippen molar-refractivity contribution >= 4 is 22.5 Å². The maximum atomic E-state index is 11.9. The molecular weight excluding hydrogens is 226 g/mol. The van der Waals surface area contributed by atoms with Gasteiger partial charge in [0.25, 0.3) is 0 Å². The van der Waals surface area contributed by atoms with E-state index in [4.69, 9.17) is 0 Å². The monoisotopic (exact) mass is 241 g/mol. The predicted octanol–water partition coefficient (Wildman–Crippen LogP) is 0.706. The second-order valence-electron chi connectivity index (χ2n) is 3.98. The van der Waals surface area contributed by atoms with Gasteiger partial charge < -0.3 is 9.80 Å². The van der Waals surface area contributed by atoms with Crippen molar-refractivity contribution in [2.24, 2.45) is 0 Å². The van der Waals surface area contributed by atoms with Crippen LogP contribution in [0.5, 0.6) is 0 Å². The summed E-state index contributed by atoms with van der Waals surface area (Å²) in [7, 11) is 2.07. The third-order valence-electron chi connectivity index (χ3n) is 2.67. The van der Waals surface area contributed by atoms with Gasteiger partial charge in [0.15, 0.2) is 0 Å². The van der Waals surface area contributed by atoms with Crippen LogP contribution in [-0.4, -0.2) is 58.8 Å². The molecule has 1 saturated heterocycles. The summed E-state index contributed by atoms with van der Waals surface area (Å²) in [6.07, 6.45) is 0. The first kappa shape index (κ1) is 11.3. The molecule has 6 nitrogen and oxygen atoms in total. The minimum atomic E-state index is -0.0858. The molecule has 0 saturated carbocycles. The minimum absolute atomic E-state index is 0.0858. The highest BCUT2D eigenvalue weighted by atomic mass is 32.1. The Morgan fingerprint density at radius 2 is 2.44 bits per heavy atom. The molecule has 0 radical (unpaired) electrons. The van der Waals surface area contributed by atoms with Crippen LogP contribution in [0.3, 0.4) is 0 Å². The van der Waals surface area contributed by atoms with Crippen LogP contribution < -0.4 is 5.32 Å². The molecule has 2 heterocycles. The zero-order chi connectivity index (χ0) is 11.5. The topological polar surface area (TPSA) is 61.4 Å². The number of aromatic nitrogens is 2. The summed E-state index contributed by atoms with van der Waals surface area (Å²) < 4.78 is 0. The average molecular weight is 241 g/mol. The van der Waals surface area contributed by atoms with Crippen molar-refractivity contribution in [1.29, 1.82) is 0 Å². The molecule has 2 rings (SSSR count). The summed E-state index contributed by atoms with van der Waals surface area (Å²) in [6.45, 7) is 4.62. The molecule has 16 heavy (non-hydrogen) atoms. The molecule has 88 valence electrons. The second kappa shape index (κ2) is 4.75. The Hall–Kier alpha value is -1.21. The number of nitrogens with one attached hydrogen (secondary N) is 1. The van der Waals surface area contributed by atoms with E-state index in [2.05, 4.69) is 34.4 Å². The molecule has 1 aromatic heterocycles. The van der Waals surface area contributed by atoms with E-state index < -0.39 is 0 Å². The Morgan fingerprint density at radius 3 is 3.06 bits per heavy atom. The lowest BCUT2D eigenvalue weighted by Gasteiger charge is -2.37. The summed E-state index contributed by atoms with van der Waals surface area (Å²) >= 11 is 1.33.